The van der Waals surface area contributed by atoms with Crippen LogP contribution in [0.15, 0.2) is 59.2 Å². The Morgan fingerprint density at radius 2 is 1.79 bits per heavy atom. The van der Waals surface area contributed by atoms with E-state index in [1.807, 2.05) is 0 Å². The Morgan fingerprint density at radius 1 is 1.03 bits per heavy atom. The first-order valence-corrected chi connectivity index (χ1v) is 11.8. The van der Waals surface area contributed by atoms with E-state index in [0.29, 0.717) is 23.7 Å². The third kappa shape index (κ3) is 4.76. The van der Waals surface area contributed by atoms with E-state index in [-0.39, 0.29) is 23.6 Å². The predicted molar refractivity (Wildman–Crippen MR) is 118 cm³/mol. The van der Waals surface area contributed by atoms with Crippen molar-refractivity contribution >= 4 is 38.9 Å². The third-order valence-electron chi connectivity index (χ3n) is 5.17. The molecule has 2 N–H and O–H groups in total. The van der Waals surface area contributed by atoms with Gasteiger partial charge in [-0.15, -0.1) is 0 Å². The van der Waals surface area contributed by atoms with E-state index >= 15 is 0 Å². The van der Waals surface area contributed by atoms with Crippen LogP contribution in [-0.2, 0) is 22.6 Å². The van der Waals surface area contributed by atoms with E-state index in [4.69, 9.17) is 4.42 Å². The fourth-order valence-electron chi connectivity index (χ4n) is 3.62. The van der Waals surface area contributed by atoms with Crippen molar-refractivity contribution in [3.63, 3.8) is 0 Å². The molecule has 1 aromatic heterocycles. The standard InChI is InChI=1S/C22H18F3N3O5S/c1-34(31,32)28-9-8-13-11-14(4-7-18(13)28)20(29)27-17-6-5-15(12-16(17)22(23,24)25)26-21(30)19-3-2-10-33-19/h2-7,10-12H,8-9H2,1H3,(H,26,30)(H,27,29). The van der Waals surface area contributed by atoms with Gasteiger partial charge >= 0.3 is 6.18 Å². The zero-order valence-corrected chi connectivity index (χ0v) is 18.5. The minimum atomic E-state index is -4.82. The summed E-state index contributed by atoms with van der Waals surface area (Å²) in [5.41, 5.74) is -0.659. The molecule has 0 fully saturated rings. The maximum Gasteiger partial charge on any atom is 0.418 e. The Kier molecular flexibility index (Phi) is 5.86. The van der Waals surface area contributed by atoms with E-state index in [2.05, 4.69) is 10.6 Å². The van der Waals surface area contributed by atoms with Crippen molar-refractivity contribution in [1.29, 1.82) is 0 Å². The molecule has 0 bridgehead atoms. The van der Waals surface area contributed by atoms with Gasteiger partial charge in [0.25, 0.3) is 11.8 Å². The molecule has 0 unspecified atom stereocenters. The first kappa shape index (κ1) is 23.4. The molecule has 12 heteroatoms. The number of halogens is 3. The lowest BCUT2D eigenvalue weighted by Crippen LogP contribution is -2.27. The number of hydrogen-bond donors (Lipinski definition) is 2. The molecule has 3 aromatic rings. The Hall–Kier alpha value is -3.80. The number of alkyl halides is 3. The number of rotatable bonds is 5. The van der Waals surface area contributed by atoms with Crippen LogP contribution in [0, 0.1) is 0 Å². The highest BCUT2D eigenvalue weighted by Gasteiger charge is 2.35. The van der Waals surface area contributed by atoms with Crippen LogP contribution in [0.25, 0.3) is 0 Å². The molecule has 1 aliphatic heterocycles. The molecule has 0 aliphatic carbocycles. The van der Waals surface area contributed by atoms with Crippen LogP contribution < -0.4 is 14.9 Å². The van der Waals surface area contributed by atoms with Gasteiger partial charge in [0.15, 0.2) is 5.76 Å². The molecule has 8 nitrogen and oxygen atoms in total. The summed E-state index contributed by atoms with van der Waals surface area (Å²) < 4.78 is 70.9. The van der Waals surface area contributed by atoms with Gasteiger partial charge in [0, 0.05) is 17.8 Å². The van der Waals surface area contributed by atoms with Crippen LogP contribution in [0.3, 0.4) is 0 Å². The number of benzene rings is 2. The van der Waals surface area contributed by atoms with E-state index in [0.717, 1.165) is 12.3 Å². The molecular formula is C22H18F3N3O5S. The van der Waals surface area contributed by atoms with Gasteiger partial charge in [-0.2, -0.15) is 13.2 Å². The van der Waals surface area contributed by atoms with Crippen molar-refractivity contribution in [3.8, 4) is 0 Å². The lowest BCUT2D eigenvalue weighted by atomic mass is 10.1. The topological polar surface area (TPSA) is 109 Å². The number of nitrogens with one attached hydrogen (secondary N) is 2. The maximum absolute atomic E-state index is 13.7. The van der Waals surface area contributed by atoms with Gasteiger partial charge in [0.1, 0.15) is 0 Å². The molecule has 34 heavy (non-hydrogen) atoms. The zero-order valence-electron chi connectivity index (χ0n) is 17.6. The third-order valence-corrected chi connectivity index (χ3v) is 6.35. The van der Waals surface area contributed by atoms with Gasteiger partial charge in [-0.25, -0.2) is 8.42 Å². The smallest absolute Gasteiger partial charge is 0.418 e. The first-order chi connectivity index (χ1) is 15.9. The van der Waals surface area contributed by atoms with Crippen molar-refractivity contribution in [2.45, 2.75) is 12.6 Å². The summed E-state index contributed by atoms with van der Waals surface area (Å²) in [7, 11) is -3.47. The molecule has 0 atom stereocenters. The fourth-order valence-corrected chi connectivity index (χ4v) is 4.58. The van der Waals surface area contributed by atoms with Gasteiger partial charge in [-0.3, -0.25) is 13.9 Å². The number of anilines is 3. The van der Waals surface area contributed by atoms with Crippen molar-refractivity contribution in [2.24, 2.45) is 0 Å². The number of fused-ring (bicyclic) bond motifs is 1. The average Bonchev–Trinajstić information content (AvgIpc) is 3.43. The second-order valence-electron chi connectivity index (χ2n) is 7.57. The summed E-state index contributed by atoms with van der Waals surface area (Å²) in [6, 6.07) is 10.1. The lowest BCUT2D eigenvalue weighted by molar-refractivity contribution is -0.136. The highest BCUT2D eigenvalue weighted by Crippen LogP contribution is 2.37. The summed E-state index contributed by atoms with van der Waals surface area (Å²) in [5.74, 6) is -1.59. The van der Waals surface area contributed by atoms with Crippen LogP contribution >= 0.6 is 0 Å². The summed E-state index contributed by atoms with van der Waals surface area (Å²) in [6.45, 7) is 0.225. The minimum Gasteiger partial charge on any atom is -0.459 e. The zero-order chi connectivity index (χ0) is 24.7. The number of sulfonamides is 1. The summed E-state index contributed by atoms with van der Waals surface area (Å²) in [5, 5.41) is 4.57. The molecule has 0 saturated carbocycles. The van der Waals surface area contributed by atoms with Crippen molar-refractivity contribution in [1.82, 2.24) is 0 Å². The lowest BCUT2D eigenvalue weighted by Gasteiger charge is -2.17. The molecule has 178 valence electrons. The molecule has 2 aromatic carbocycles. The molecule has 2 heterocycles. The number of carbonyl (C=O) groups excluding carboxylic acids is 2. The second kappa shape index (κ2) is 8.52. The second-order valence-corrected chi connectivity index (χ2v) is 9.48. The Labute approximate surface area is 192 Å². The quantitative estimate of drug-likeness (QED) is 0.556. The largest absolute Gasteiger partial charge is 0.459 e. The Balaban J connectivity index is 1.57. The van der Waals surface area contributed by atoms with Gasteiger partial charge in [-0.1, -0.05) is 0 Å². The molecule has 4 rings (SSSR count). The van der Waals surface area contributed by atoms with E-state index in [1.165, 1.54) is 47.0 Å². The van der Waals surface area contributed by atoms with Gasteiger partial charge in [0.2, 0.25) is 10.0 Å². The number of nitrogens with zero attached hydrogens (tertiary/aromatic N) is 1. The molecule has 2 amide bonds. The number of amides is 2. The van der Waals surface area contributed by atoms with Gasteiger partial charge in [-0.05, 0) is 60.5 Å². The fraction of sp³-hybridized carbons (Fsp3) is 0.182. The highest BCUT2D eigenvalue weighted by atomic mass is 32.2. The van der Waals surface area contributed by atoms with Crippen molar-refractivity contribution < 1.29 is 35.6 Å². The van der Waals surface area contributed by atoms with Gasteiger partial charge < -0.3 is 15.1 Å². The molecule has 0 spiro atoms. The highest BCUT2D eigenvalue weighted by molar-refractivity contribution is 7.92. The Bertz CT molecular complexity index is 1370. The first-order valence-electron chi connectivity index (χ1n) is 9.91. The average molecular weight is 493 g/mol. The molecule has 0 radical (unpaired) electrons. The predicted octanol–water partition coefficient (Wildman–Crippen LogP) is 4.13. The summed E-state index contributed by atoms with van der Waals surface area (Å²) in [4.78, 5) is 24.8. The molecule has 1 aliphatic rings. The molecular weight excluding hydrogens is 475 g/mol. The minimum absolute atomic E-state index is 0.0722. The van der Waals surface area contributed by atoms with E-state index in [1.54, 1.807) is 0 Å². The van der Waals surface area contributed by atoms with Crippen LogP contribution in [0.2, 0.25) is 0 Å². The SMILES string of the molecule is CS(=O)(=O)N1CCc2cc(C(=O)Nc3ccc(NC(=O)c4ccco4)cc3C(F)(F)F)ccc21. The molecule has 0 saturated heterocycles. The van der Waals surface area contributed by atoms with Crippen LogP contribution in [0.5, 0.6) is 0 Å². The Morgan fingerprint density at radius 3 is 2.44 bits per heavy atom. The number of hydrogen-bond acceptors (Lipinski definition) is 5. The normalized spacial score (nSPS) is 13.5. The van der Waals surface area contributed by atoms with Crippen LogP contribution in [0.4, 0.5) is 30.2 Å². The van der Waals surface area contributed by atoms with Crippen molar-refractivity contribution in [2.75, 3.05) is 27.7 Å². The van der Waals surface area contributed by atoms with E-state index < -0.39 is 39.3 Å². The van der Waals surface area contributed by atoms with Crippen molar-refractivity contribution in [3.05, 3.63) is 77.2 Å². The number of carbonyl (C=O) groups is 2. The monoisotopic (exact) mass is 493 g/mol. The maximum atomic E-state index is 13.7. The summed E-state index contributed by atoms with van der Waals surface area (Å²) >= 11 is 0. The van der Waals surface area contributed by atoms with E-state index in [9.17, 15) is 31.2 Å². The summed E-state index contributed by atoms with van der Waals surface area (Å²) in [6.07, 6.45) is -2.11. The van der Waals surface area contributed by atoms with Crippen LogP contribution in [-0.4, -0.2) is 33.0 Å². The van der Waals surface area contributed by atoms with Crippen LogP contribution in [0.1, 0.15) is 32.0 Å². The number of furan rings is 1. The van der Waals surface area contributed by atoms with Gasteiger partial charge in [0.05, 0.1) is 29.5 Å².